The van der Waals surface area contributed by atoms with E-state index >= 15 is 0 Å². The molecule has 1 aliphatic rings. The van der Waals surface area contributed by atoms with Gasteiger partial charge in [-0.15, -0.1) is 0 Å². The molecular formula is C12H15F3N6O. The van der Waals surface area contributed by atoms with E-state index in [1.54, 1.807) is 0 Å². The van der Waals surface area contributed by atoms with Crippen LogP contribution in [0.15, 0.2) is 6.33 Å². The number of nitrogens with one attached hydrogen (secondary N) is 2. The van der Waals surface area contributed by atoms with Gasteiger partial charge in [-0.05, 0) is 0 Å². The molecule has 1 saturated heterocycles. The van der Waals surface area contributed by atoms with Gasteiger partial charge in [0.25, 0.3) is 0 Å². The summed E-state index contributed by atoms with van der Waals surface area (Å²) < 4.78 is 43.7. The molecule has 0 atom stereocenters. The minimum atomic E-state index is -4.60. The van der Waals surface area contributed by atoms with Gasteiger partial charge < -0.3 is 15.0 Å². The van der Waals surface area contributed by atoms with Crippen molar-refractivity contribution in [3.05, 3.63) is 12.2 Å². The van der Waals surface area contributed by atoms with Crippen LogP contribution >= 0.6 is 0 Å². The van der Waals surface area contributed by atoms with Crippen LogP contribution in [0.2, 0.25) is 0 Å². The summed E-state index contributed by atoms with van der Waals surface area (Å²) in [5, 5.41) is 2.93. The predicted molar refractivity (Wildman–Crippen MR) is 72.4 cm³/mol. The molecule has 0 aromatic carbocycles. The first kappa shape index (κ1) is 15.0. The highest BCUT2D eigenvalue weighted by Crippen LogP contribution is 2.29. The number of fused-ring (bicyclic) bond motifs is 1. The number of alkyl halides is 3. The largest absolute Gasteiger partial charge is 0.451 e. The molecular weight excluding hydrogens is 301 g/mol. The Labute approximate surface area is 123 Å². The number of aromatic amines is 1. The third-order valence-electron chi connectivity index (χ3n) is 3.36. The normalized spacial score (nSPS) is 17.0. The molecule has 2 aromatic heterocycles. The van der Waals surface area contributed by atoms with Gasteiger partial charge in [0.1, 0.15) is 5.52 Å². The van der Waals surface area contributed by atoms with Gasteiger partial charge in [-0.3, -0.25) is 4.90 Å². The maximum Gasteiger partial charge on any atom is 0.451 e. The molecule has 0 saturated carbocycles. The average molecular weight is 316 g/mol. The average Bonchev–Trinajstić information content (AvgIpc) is 2.96. The van der Waals surface area contributed by atoms with Crippen molar-refractivity contribution in [2.45, 2.75) is 6.18 Å². The predicted octanol–water partition coefficient (Wildman–Crippen LogP) is 1.12. The number of hydrogen-bond acceptors (Lipinski definition) is 6. The van der Waals surface area contributed by atoms with Crippen molar-refractivity contribution >= 4 is 17.0 Å². The van der Waals surface area contributed by atoms with E-state index in [1.807, 2.05) is 0 Å². The summed E-state index contributed by atoms with van der Waals surface area (Å²) in [5.74, 6) is -1.08. The number of imidazole rings is 1. The van der Waals surface area contributed by atoms with E-state index in [9.17, 15) is 13.2 Å². The van der Waals surface area contributed by atoms with Crippen molar-refractivity contribution in [2.75, 3.05) is 44.7 Å². The van der Waals surface area contributed by atoms with E-state index in [0.717, 1.165) is 13.1 Å². The topological polar surface area (TPSA) is 79.0 Å². The molecule has 22 heavy (non-hydrogen) atoms. The van der Waals surface area contributed by atoms with E-state index < -0.39 is 12.0 Å². The van der Waals surface area contributed by atoms with Crippen molar-refractivity contribution in [3.8, 4) is 0 Å². The molecule has 2 aromatic rings. The number of nitrogens with zero attached hydrogens (tertiary/aromatic N) is 4. The lowest BCUT2D eigenvalue weighted by Gasteiger charge is -2.26. The molecule has 0 spiro atoms. The van der Waals surface area contributed by atoms with E-state index in [2.05, 4.69) is 30.2 Å². The number of hydrogen-bond donors (Lipinski definition) is 2. The third kappa shape index (κ3) is 3.28. The number of rotatable bonds is 4. The SMILES string of the molecule is FC(F)(F)c1nc(NCCN2CCOCC2)c2[nH]cnc2n1. The van der Waals surface area contributed by atoms with Crippen LogP contribution in [-0.2, 0) is 10.9 Å². The molecule has 2 N–H and O–H groups in total. The minimum absolute atomic E-state index is 0.00352. The van der Waals surface area contributed by atoms with Crippen LogP contribution in [0.1, 0.15) is 5.82 Å². The van der Waals surface area contributed by atoms with Gasteiger partial charge in [-0.2, -0.15) is 13.2 Å². The zero-order valence-electron chi connectivity index (χ0n) is 11.7. The smallest absolute Gasteiger partial charge is 0.379 e. The van der Waals surface area contributed by atoms with Gasteiger partial charge in [0.2, 0.25) is 5.82 Å². The van der Waals surface area contributed by atoms with E-state index in [4.69, 9.17) is 4.74 Å². The van der Waals surface area contributed by atoms with Crippen LogP contribution < -0.4 is 5.32 Å². The summed E-state index contributed by atoms with van der Waals surface area (Å²) in [6, 6.07) is 0. The van der Waals surface area contributed by atoms with Gasteiger partial charge in [-0.25, -0.2) is 15.0 Å². The summed E-state index contributed by atoms with van der Waals surface area (Å²) in [6.45, 7) is 4.16. The van der Waals surface area contributed by atoms with E-state index in [1.165, 1.54) is 6.33 Å². The summed E-state index contributed by atoms with van der Waals surface area (Å²) >= 11 is 0. The lowest BCUT2D eigenvalue weighted by atomic mass is 10.4. The van der Waals surface area contributed by atoms with Crippen molar-refractivity contribution in [1.82, 2.24) is 24.8 Å². The molecule has 0 amide bonds. The van der Waals surface area contributed by atoms with E-state index in [0.29, 0.717) is 31.8 Å². The molecule has 120 valence electrons. The fraction of sp³-hybridized carbons (Fsp3) is 0.583. The van der Waals surface area contributed by atoms with Gasteiger partial charge in [0.15, 0.2) is 11.5 Å². The van der Waals surface area contributed by atoms with Crippen molar-refractivity contribution < 1.29 is 17.9 Å². The number of halogens is 3. The maximum absolute atomic E-state index is 12.8. The molecule has 1 aliphatic heterocycles. The molecule has 0 bridgehead atoms. The number of morpholine rings is 1. The Morgan fingerprint density at radius 3 is 2.77 bits per heavy atom. The molecule has 7 nitrogen and oxygen atoms in total. The highest BCUT2D eigenvalue weighted by atomic mass is 19.4. The second-order valence-corrected chi connectivity index (χ2v) is 4.88. The monoisotopic (exact) mass is 316 g/mol. The summed E-state index contributed by atoms with van der Waals surface area (Å²) in [6.07, 6.45) is -3.31. The summed E-state index contributed by atoms with van der Waals surface area (Å²) in [7, 11) is 0. The van der Waals surface area contributed by atoms with Crippen molar-refractivity contribution in [1.29, 1.82) is 0 Å². The number of ether oxygens (including phenoxy) is 1. The van der Waals surface area contributed by atoms with Crippen LogP contribution in [0.3, 0.4) is 0 Å². The van der Waals surface area contributed by atoms with Crippen LogP contribution in [-0.4, -0.2) is 64.2 Å². The highest BCUT2D eigenvalue weighted by molar-refractivity contribution is 5.82. The molecule has 0 aliphatic carbocycles. The Morgan fingerprint density at radius 2 is 2.05 bits per heavy atom. The standard InChI is InChI=1S/C12H15F3N6O/c13-12(14,15)11-19-9(8-10(20-11)18-7-17-8)16-1-2-21-3-5-22-6-4-21/h7H,1-6H2,(H2,16,17,18,19,20). The lowest BCUT2D eigenvalue weighted by Crippen LogP contribution is -2.39. The molecule has 0 unspecified atom stereocenters. The van der Waals surface area contributed by atoms with Crippen molar-refractivity contribution in [2.24, 2.45) is 0 Å². The van der Waals surface area contributed by atoms with Crippen LogP contribution in [0.4, 0.5) is 19.0 Å². The quantitative estimate of drug-likeness (QED) is 0.880. The fourth-order valence-electron chi connectivity index (χ4n) is 2.25. The van der Waals surface area contributed by atoms with Crippen LogP contribution in [0.25, 0.3) is 11.2 Å². The zero-order chi connectivity index (χ0) is 15.6. The van der Waals surface area contributed by atoms with Gasteiger partial charge >= 0.3 is 6.18 Å². The van der Waals surface area contributed by atoms with Gasteiger partial charge in [-0.1, -0.05) is 0 Å². The second kappa shape index (κ2) is 6.05. The fourth-order valence-corrected chi connectivity index (χ4v) is 2.25. The zero-order valence-corrected chi connectivity index (χ0v) is 11.7. The second-order valence-electron chi connectivity index (χ2n) is 4.88. The molecule has 3 rings (SSSR count). The Hall–Kier alpha value is -1.94. The van der Waals surface area contributed by atoms with Gasteiger partial charge in [0, 0.05) is 26.2 Å². The molecule has 1 fully saturated rings. The Kier molecular flexibility index (Phi) is 4.12. The third-order valence-corrected chi connectivity index (χ3v) is 3.36. The maximum atomic E-state index is 12.8. The van der Waals surface area contributed by atoms with E-state index in [-0.39, 0.29) is 11.5 Å². The number of H-pyrrole nitrogens is 1. The van der Waals surface area contributed by atoms with Gasteiger partial charge in [0.05, 0.1) is 19.5 Å². The Bertz CT molecular complexity index is 637. The van der Waals surface area contributed by atoms with Crippen LogP contribution in [0.5, 0.6) is 0 Å². The van der Waals surface area contributed by atoms with Crippen LogP contribution in [0, 0.1) is 0 Å². The Balaban J connectivity index is 1.73. The minimum Gasteiger partial charge on any atom is -0.379 e. The molecule has 0 radical (unpaired) electrons. The summed E-state index contributed by atoms with van der Waals surface area (Å²) in [4.78, 5) is 15.7. The first-order valence-corrected chi connectivity index (χ1v) is 6.86. The first-order valence-electron chi connectivity index (χ1n) is 6.86. The number of anilines is 1. The first-order chi connectivity index (χ1) is 10.5. The summed E-state index contributed by atoms with van der Waals surface area (Å²) in [5.41, 5.74) is 0.367. The Morgan fingerprint density at radius 1 is 1.27 bits per heavy atom. The highest BCUT2D eigenvalue weighted by Gasteiger charge is 2.36. The molecule has 3 heterocycles. The van der Waals surface area contributed by atoms with Crippen molar-refractivity contribution in [3.63, 3.8) is 0 Å². The molecule has 10 heteroatoms. The lowest BCUT2D eigenvalue weighted by molar-refractivity contribution is -0.144. The number of aromatic nitrogens is 4.